The second-order valence-electron chi connectivity index (χ2n) is 6.79. The van der Waals surface area contributed by atoms with Gasteiger partial charge in [-0.25, -0.2) is 4.79 Å². The van der Waals surface area contributed by atoms with Crippen LogP contribution in [0.4, 0.5) is 26.3 Å². The largest absolute Gasteiger partial charge is 0.465 e. The summed E-state index contributed by atoms with van der Waals surface area (Å²) in [4.78, 5) is 23.4. The minimum absolute atomic E-state index is 0.107. The van der Waals surface area contributed by atoms with Crippen LogP contribution < -0.4 is 0 Å². The molecule has 2 aromatic rings. The van der Waals surface area contributed by atoms with Gasteiger partial charge in [0.15, 0.2) is 0 Å². The van der Waals surface area contributed by atoms with Gasteiger partial charge in [0.2, 0.25) is 12.1 Å². The number of halogens is 7. The van der Waals surface area contributed by atoms with Crippen LogP contribution in [-0.4, -0.2) is 35.6 Å². The van der Waals surface area contributed by atoms with Crippen molar-refractivity contribution in [3.8, 4) is 0 Å². The summed E-state index contributed by atoms with van der Waals surface area (Å²) in [6, 6.07) is 11.3. The minimum Gasteiger partial charge on any atom is -0.413 e. The lowest BCUT2D eigenvalue weighted by Gasteiger charge is -2.36. The Morgan fingerprint density at radius 2 is 1.50 bits per heavy atom. The first-order valence-corrected chi connectivity index (χ1v) is 9.54. The van der Waals surface area contributed by atoms with Crippen molar-refractivity contribution >= 4 is 21.9 Å². The van der Waals surface area contributed by atoms with Crippen molar-refractivity contribution < 1.29 is 45.5 Å². The van der Waals surface area contributed by atoms with E-state index in [1.165, 1.54) is 42.5 Å². The van der Waals surface area contributed by atoms with Crippen molar-refractivity contribution in [1.29, 1.82) is 0 Å². The number of carbonyl (C=O) groups excluding carboxylic acids is 1. The maximum absolute atomic E-state index is 13.7. The van der Waals surface area contributed by atoms with Crippen LogP contribution in [0.15, 0.2) is 59.1 Å². The number of cyclic esters (lactones) is 1. The molecule has 1 fully saturated rings. The molecule has 2 aromatic carbocycles. The molecular formula is C19H12BrF6NO5. The third kappa shape index (κ3) is 3.72. The van der Waals surface area contributed by atoms with Gasteiger partial charge >= 0.3 is 24.1 Å². The zero-order valence-corrected chi connectivity index (χ0v) is 17.2. The summed E-state index contributed by atoms with van der Waals surface area (Å²) in [6.45, 7) is -1.24. The van der Waals surface area contributed by atoms with E-state index in [1.807, 2.05) is 0 Å². The van der Waals surface area contributed by atoms with Gasteiger partial charge < -0.3 is 9.47 Å². The molecule has 0 unspecified atom stereocenters. The van der Waals surface area contributed by atoms with Crippen LogP contribution in [0.25, 0.3) is 0 Å². The number of rotatable bonds is 5. The van der Waals surface area contributed by atoms with Crippen molar-refractivity contribution in [2.75, 3.05) is 6.54 Å². The van der Waals surface area contributed by atoms with Gasteiger partial charge in [-0.1, -0.05) is 64.5 Å². The monoisotopic (exact) mass is 527 g/mol. The topological polar surface area (TPSA) is 78.7 Å². The molecule has 13 heteroatoms. The second kappa shape index (κ2) is 8.03. The summed E-state index contributed by atoms with van der Waals surface area (Å²) in [6.07, 6.45) is -12.5. The molecule has 172 valence electrons. The molecule has 0 radical (unpaired) electrons. The lowest BCUT2D eigenvalue weighted by atomic mass is 9.77. The van der Waals surface area contributed by atoms with Gasteiger partial charge in [0.1, 0.15) is 0 Å². The predicted octanol–water partition coefficient (Wildman–Crippen LogP) is 5.10. The van der Waals surface area contributed by atoms with Crippen LogP contribution in [0.3, 0.4) is 0 Å². The normalized spacial score (nSPS) is 21.8. The fourth-order valence-electron chi connectivity index (χ4n) is 3.52. The SMILES string of the molecule is O=C1OC(C(F)(F)F)(C(F)(F)F)O[C@@]1(c1ccccc1)[C@@H](C[N+](=O)[O-])c1ccccc1Br. The number of hydrogen-bond donors (Lipinski definition) is 0. The third-order valence-corrected chi connectivity index (χ3v) is 5.62. The summed E-state index contributed by atoms with van der Waals surface area (Å²) in [5.41, 5.74) is -3.73. The average Bonchev–Trinajstić information content (AvgIpc) is 3.03. The number of ether oxygens (including phenoxy) is 2. The molecule has 32 heavy (non-hydrogen) atoms. The molecule has 0 spiro atoms. The lowest BCUT2D eigenvalue weighted by Crippen LogP contribution is -2.59. The van der Waals surface area contributed by atoms with E-state index in [9.17, 15) is 41.3 Å². The Morgan fingerprint density at radius 3 is 1.97 bits per heavy atom. The predicted molar refractivity (Wildman–Crippen MR) is 98.9 cm³/mol. The molecule has 1 aliphatic heterocycles. The fourth-order valence-corrected chi connectivity index (χ4v) is 4.08. The van der Waals surface area contributed by atoms with Crippen LogP contribution in [0.5, 0.6) is 0 Å². The van der Waals surface area contributed by atoms with E-state index < -0.39 is 52.7 Å². The van der Waals surface area contributed by atoms with E-state index in [0.29, 0.717) is 0 Å². The maximum Gasteiger partial charge on any atom is 0.465 e. The summed E-state index contributed by atoms with van der Waals surface area (Å²) in [5.74, 6) is -9.29. The maximum atomic E-state index is 13.7. The first-order chi connectivity index (χ1) is 14.8. The zero-order valence-electron chi connectivity index (χ0n) is 15.6. The fraction of sp³-hybridized carbons (Fsp3) is 0.316. The molecular weight excluding hydrogens is 516 g/mol. The van der Waals surface area contributed by atoms with Crippen LogP contribution in [-0.2, 0) is 19.9 Å². The van der Waals surface area contributed by atoms with Gasteiger partial charge in [-0.05, 0) is 17.2 Å². The smallest absolute Gasteiger partial charge is 0.413 e. The number of carbonyl (C=O) groups is 1. The van der Waals surface area contributed by atoms with Crippen molar-refractivity contribution in [2.45, 2.75) is 29.7 Å². The van der Waals surface area contributed by atoms with E-state index in [1.54, 1.807) is 0 Å². The molecule has 0 bridgehead atoms. The molecule has 1 heterocycles. The summed E-state index contributed by atoms with van der Waals surface area (Å²) in [5, 5.41) is 11.4. The number of hydrogen-bond acceptors (Lipinski definition) is 5. The van der Waals surface area contributed by atoms with Crippen LogP contribution in [0.2, 0.25) is 0 Å². The summed E-state index contributed by atoms with van der Waals surface area (Å²) in [7, 11) is 0. The van der Waals surface area contributed by atoms with Gasteiger partial charge in [-0.2, -0.15) is 26.3 Å². The highest BCUT2D eigenvalue weighted by Crippen LogP contribution is 2.59. The number of nitrogens with zero attached hydrogens (tertiary/aromatic N) is 1. The summed E-state index contributed by atoms with van der Waals surface area (Å²) >= 11 is 3.08. The molecule has 3 rings (SSSR count). The molecule has 1 aliphatic rings. The molecule has 0 aromatic heterocycles. The van der Waals surface area contributed by atoms with E-state index >= 15 is 0 Å². The standard InChI is InChI=1S/C19H12BrF6NO5/c20-14-9-5-4-8-12(14)13(10-27(29)30)16(11-6-2-1-3-7-11)15(28)31-17(32-16,18(21,22)23)19(24,25)26/h1-9,13H,10H2/t13-,16-/m0/s1. The zero-order chi connectivity index (χ0) is 23.9. The van der Waals surface area contributed by atoms with Crippen LogP contribution in [0, 0.1) is 10.1 Å². The quantitative estimate of drug-likeness (QED) is 0.234. The minimum atomic E-state index is -6.23. The molecule has 0 N–H and O–H groups in total. The van der Waals surface area contributed by atoms with Gasteiger partial charge in [-0.15, -0.1) is 0 Å². The highest BCUT2D eigenvalue weighted by atomic mass is 79.9. The van der Waals surface area contributed by atoms with Gasteiger partial charge in [0, 0.05) is 9.40 Å². The van der Waals surface area contributed by atoms with E-state index in [0.717, 1.165) is 12.1 Å². The Labute approximate surface area is 184 Å². The first-order valence-electron chi connectivity index (χ1n) is 8.75. The lowest BCUT2D eigenvalue weighted by molar-refractivity contribution is -0.491. The Hall–Kier alpha value is -2.67. The van der Waals surface area contributed by atoms with Crippen LogP contribution in [0.1, 0.15) is 17.0 Å². The van der Waals surface area contributed by atoms with Crippen molar-refractivity contribution in [3.63, 3.8) is 0 Å². The first kappa shape index (κ1) is 24.0. The highest BCUT2D eigenvalue weighted by molar-refractivity contribution is 9.10. The number of esters is 1. The molecule has 1 saturated heterocycles. The van der Waals surface area contributed by atoms with Crippen molar-refractivity contribution in [3.05, 3.63) is 80.3 Å². The Kier molecular flexibility index (Phi) is 6.02. The van der Waals surface area contributed by atoms with Gasteiger partial charge in [-0.3, -0.25) is 10.1 Å². The molecule has 0 saturated carbocycles. The van der Waals surface area contributed by atoms with E-state index in [-0.39, 0.29) is 10.0 Å². The number of nitro groups is 1. The number of alkyl halides is 6. The Balaban J connectivity index is 2.37. The molecule has 6 nitrogen and oxygen atoms in total. The van der Waals surface area contributed by atoms with Crippen molar-refractivity contribution in [1.82, 2.24) is 0 Å². The third-order valence-electron chi connectivity index (χ3n) is 4.90. The second-order valence-corrected chi connectivity index (χ2v) is 7.65. The van der Waals surface area contributed by atoms with E-state index in [4.69, 9.17) is 0 Å². The molecule has 0 aliphatic carbocycles. The van der Waals surface area contributed by atoms with Gasteiger partial charge in [0.05, 0.1) is 5.92 Å². The molecule has 0 amide bonds. The Morgan fingerprint density at radius 1 is 0.969 bits per heavy atom. The van der Waals surface area contributed by atoms with Crippen molar-refractivity contribution in [2.24, 2.45) is 0 Å². The number of benzene rings is 2. The summed E-state index contributed by atoms with van der Waals surface area (Å²) < 4.78 is 90.7. The Bertz CT molecular complexity index is 1010. The average molecular weight is 528 g/mol. The van der Waals surface area contributed by atoms with Crippen LogP contribution >= 0.6 is 15.9 Å². The highest BCUT2D eigenvalue weighted by Gasteiger charge is 2.84. The van der Waals surface area contributed by atoms with Gasteiger partial charge in [0.25, 0.3) is 0 Å². The van der Waals surface area contributed by atoms with E-state index in [2.05, 4.69) is 25.4 Å². The molecule has 2 atom stereocenters.